The molecule has 1 saturated carbocycles. The zero-order chi connectivity index (χ0) is 11.4. The first kappa shape index (κ1) is 12.4. The molecular weight excluding hydrogens is 196 g/mol. The van der Waals surface area contributed by atoms with E-state index >= 15 is 0 Å². The second-order valence-electron chi connectivity index (χ2n) is 5.82. The van der Waals surface area contributed by atoms with Crippen LogP contribution in [0.2, 0.25) is 0 Å². The first-order valence-electron chi connectivity index (χ1n) is 7.25. The van der Waals surface area contributed by atoms with E-state index in [2.05, 4.69) is 23.6 Å². The minimum absolute atomic E-state index is 0.744. The number of hydrogen-bond acceptors (Lipinski definition) is 2. The van der Waals surface area contributed by atoms with Gasteiger partial charge in [0.25, 0.3) is 0 Å². The fourth-order valence-electron chi connectivity index (χ4n) is 2.93. The second kappa shape index (κ2) is 6.02. The summed E-state index contributed by atoms with van der Waals surface area (Å²) in [6, 6.07) is 1.68. The SMILES string of the molecule is CC(C)N(CCCN1CCCCC1)C1CC1. The predicted molar refractivity (Wildman–Crippen MR) is 69.8 cm³/mol. The molecule has 0 aromatic carbocycles. The van der Waals surface area contributed by atoms with Crippen LogP contribution in [0, 0.1) is 0 Å². The lowest BCUT2D eigenvalue weighted by Gasteiger charge is -2.30. The Kier molecular flexibility index (Phi) is 4.66. The molecule has 2 nitrogen and oxygen atoms in total. The van der Waals surface area contributed by atoms with E-state index in [0.29, 0.717) is 0 Å². The van der Waals surface area contributed by atoms with Crippen molar-refractivity contribution in [1.82, 2.24) is 9.80 Å². The molecule has 1 aliphatic heterocycles. The summed E-state index contributed by atoms with van der Waals surface area (Å²) in [5.74, 6) is 0. The first-order chi connectivity index (χ1) is 7.77. The monoisotopic (exact) mass is 224 g/mol. The lowest BCUT2D eigenvalue weighted by molar-refractivity contribution is 0.177. The number of nitrogens with zero attached hydrogens (tertiary/aromatic N) is 2. The van der Waals surface area contributed by atoms with Crippen LogP contribution < -0.4 is 0 Å². The van der Waals surface area contributed by atoms with Crippen molar-refractivity contribution in [3.05, 3.63) is 0 Å². The van der Waals surface area contributed by atoms with Crippen molar-refractivity contribution in [2.45, 2.75) is 64.5 Å². The molecule has 0 radical (unpaired) electrons. The Labute approximate surface area is 101 Å². The van der Waals surface area contributed by atoms with Gasteiger partial charge in [-0.25, -0.2) is 0 Å². The van der Waals surface area contributed by atoms with Gasteiger partial charge >= 0.3 is 0 Å². The number of rotatable bonds is 6. The summed E-state index contributed by atoms with van der Waals surface area (Å²) in [5.41, 5.74) is 0. The summed E-state index contributed by atoms with van der Waals surface area (Å²) in [5, 5.41) is 0. The Bertz CT molecular complexity index is 191. The van der Waals surface area contributed by atoms with Crippen molar-refractivity contribution in [1.29, 1.82) is 0 Å². The van der Waals surface area contributed by atoms with Gasteiger partial charge < -0.3 is 4.90 Å². The van der Waals surface area contributed by atoms with Gasteiger partial charge in [0.15, 0.2) is 0 Å². The van der Waals surface area contributed by atoms with E-state index in [1.165, 1.54) is 64.7 Å². The number of hydrogen-bond donors (Lipinski definition) is 0. The molecule has 0 unspecified atom stereocenters. The Hall–Kier alpha value is -0.0800. The highest BCUT2D eigenvalue weighted by molar-refractivity contribution is 4.86. The van der Waals surface area contributed by atoms with Crippen LogP contribution in [-0.2, 0) is 0 Å². The van der Waals surface area contributed by atoms with Gasteiger partial charge in [0.1, 0.15) is 0 Å². The van der Waals surface area contributed by atoms with Gasteiger partial charge in [-0.15, -0.1) is 0 Å². The van der Waals surface area contributed by atoms with E-state index in [4.69, 9.17) is 0 Å². The maximum Gasteiger partial charge on any atom is 0.00991 e. The first-order valence-corrected chi connectivity index (χ1v) is 7.25. The summed E-state index contributed by atoms with van der Waals surface area (Å²) < 4.78 is 0. The summed E-state index contributed by atoms with van der Waals surface area (Å²) >= 11 is 0. The fraction of sp³-hybridized carbons (Fsp3) is 1.00. The maximum absolute atomic E-state index is 2.71. The lowest BCUT2D eigenvalue weighted by Crippen LogP contribution is -2.37. The molecule has 0 N–H and O–H groups in total. The second-order valence-corrected chi connectivity index (χ2v) is 5.82. The Morgan fingerprint density at radius 1 is 1.12 bits per heavy atom. The molecule has 1 saturated heterocycles. The summed E-state index contributed by atoms with van der Waals surface area (Å²) in [6.45, 7) is 10.0. The maximum atomic E-state index is 2.71. The van der Waals surface area contributed by atoms with Crippen LogP contribution in [0.4, 0.5) is 0 Å². The van der Waals surface area contributed by atoms with Crippen molar-refractivity contribution in [2.24, 2.45) is 0 Å². The molecule has 2 rings (SSSR count). The number of piperidine rings is 1. The molecular formula is C14H28N2. The minimum atomic E-state index is 0.744. The molecule has 1 aliphatic carbocycles. The van der Waals surface area contributed by atoms with Crippen molar-refractivity contribution in [3.8, 4) is 0 Å². The van der Waals surface area contributed by atoms with Crippen molar-refractivity contribution in [3.63, 3.8) is 0 Å². The molecule has 0 aromatic heterocycles. The van der Waals surface area contributed by atoms with E-state index in [1.54, 1.807) is 0 Å². The molecule has 16 heavy (non-hydrogen) atoms. The Balaban J connectivity index is 1.61. The molecule has 0 amide bonds. The van der Waals surface area contributed by atoms with Gasteiger partial charge in [0, 0.05) is 12.1 Å². The zero-order valence-corrected chi connectivity index (χ0v) is 11.1. The van der Waals surface area contributed by atoms with Crippen LogP contribution in [0.25, 0.3) is 0 Å². The van der Waals surface area contributed by atoms with Gasteiger partial charge in [0.05, 0.1) is 0 Å². The van der Waals surface area contributed by atoms with Gasteiger partial charge in [-0.1, -0.05) is 6.42 Å². The van der Waals surface area contributed by atoms with Crippen molar-refractivity contribution < 1.29 is 0 Å². The quantitative estimate of drug-likeness (QED) is 0.684. The molecule has 2 aliphatic rings. The molecule has 94 valence electrons. The summed E-state index contributed by atoms with van der Waals surface area (Å²) in [6.07, 6.45) is 8.57. The van der Waals surface area contributed by atoms with Crippen LogP contribution >= 0.6 is 0 Å². The topological polar surface area (TPSA) is 6.48 Å². The smallest absolute Gasteiger partial charge is 0.00991 e. The third-order valence-corrected chi connectivity index (χ3v) is 4.02. The van der Waals surface area contributed by atoms with E-state index in [0.717, 1.165) is 12.1 Å². The van der Waals surface area contributed by atoms with Gasteiger partial charge in [0.2, 0.25) is 0 Å². The average Bonchev–Trinajstić information content (AvgIpc) is 3.09. The molecule has 2 heteroatoms. The standard InChI is InChI=1S/C14H28N2/c1-13(2)16(14-7-8-14)12-6-11-15-9-4-3-5-10-15/h13-14H,3-12H2,1-2H3. The molecule has 0 atom stereocenters. The molecule has 0 spiro atoms. The van der Waals surface area contributed by atoms with E-state index in [1.807, 2.05) is 0 Å². The zero-order valence-electron chi connectivity index (χ0n) is 11.1. The predicted octanol–water partition coefficient (Wildman–Crippen LogP) is 2.74. The lowest BCUT2D eigenvalue weighted by atomic mass is 10.1. The van der Waals surface area contributed by atoms with Crippen molar-refractivity contribution >= 4 is 0 Å². The Morgan fingerprint density at radius 2 is 1.81 bits per heavy atom. The normalized spacial score (nSPS) is 23.2. The van der Waals surface area contributed by atoms with Crippen LogP contribution in [0.3, 0.4) is 0 Å². The summed E-state index contributed by atoms with van der Waals surface area (Å²) in [4.78, 5) is 5.37. The molecule has 1 heterocycles. The highest BCUT2D eigenvalue weighted by Crippen LogP contribution is 2.28. The minimum Gasteiger partial charge on any atom is -0.303 e. The average molecular weight is 224 g/mol. The number of likely N-dealkylation sites (tertiary alicyclic amines) is 1. The molecule has 0 bridgehead atoms. The van der Waals surface area contributed by atoms with Crippen LogP contribution in [-0.4, -0.2) is 48.1 Å². The van der Waals surface area contributed by atoms with E-state index in [-0.39, 0.29) is 0 Å². The molecule has 0 aromatic rings. The van der Waals surface area contributed by atoms with Crippen LogP contribution in [0.1, 0.15) is 52.4 Å². The highest BCUT2D eigenvalue weighted by atomic mass is 15.2. The van der Waals surface area contributed by atoms with E-state index in [9.17, 15) is 0 Å². The van der Waals surface area contributed by atoms with Gasteiger partial charge in [-0.3, -0.25) is 4.90 Å². The van der Waals surface area contributed by atoms with Gasteiger partial charge in [-0.05, 0) is 72.1 Å². The van der Waals surface area contributed by atoms with Crippen molar-refractivity contribution in [2.75, 3.05) is 26.2 Å². The highest BCUT2D eigenvalue weighted by Gasteiger charge is 2.30. The third kappa shape index (κ3) is 3.74. The largest absolute Gasteiger partial charge is 0.303 e. The van der Waals surface area contributed by atoms with E-state index < -0.39 is 0 Å². The molecule has 2 fully saturated rings. The van der Waals surface area contributed by atoms with Gasteiger partial charge in [-0.2, -0.15) is 0 Å². The Morgan fingerprint density at radius 3 is 2.38 bits per heavy atom. The summed E-state index contributed by atoms with van der Waals surface area (Å²) in [7, 11) is 0. The fourth-order valence-corrected chi connectivity index (χ4v) is 2.93. The third-order valence-electron chi connectivity index (χ3n) is 4.02. The van der Waals surface area contributed by atoms with Crippen LogP contribution in [0.5, 0.6) is 0 Å². The van der Waals surface area contributed by atoms with Crippen LogP contribution in [0.15, 0.2) is 0 Å².